The second kappa shape index (κ2) is 6.31. The van der Waals surface area contributed by atoms with Crippen LogP contribution in [0.1, 0.15) is 30.2 Å². The molecule has 0 amide bonds. The minimum atomic E-state index is -0.315. The molecule has 0 radical (unpaired) electrons. The minimum absolute atomic E-state index is 0.0944. The Balaban J connectivity index is 2.13. The molecule has 0 aliphatic carbocycles. The predicted molar refractivity (Wildman–Crippen MR) is 74.4 cm³/mol. The van der Waals surface area contributed by atoms with Gasteiger partial charge in [-0.05, 0) is 24.6 Å². The highest BCUT2D eigenvalue weighted by Crippen LogP contribution is 2.12. The maximum atomic E-state index is 13.7. The summed E-state index contributed by atoms with van der Waals surface area (Å²) in [4.78, 5) is 4.27. The van der Waals surface area contributed by atoms with E-state index in [1.54, 1.807) is 17.0 Å². The fourth-order valence-corrected chi connectivity index (χ4v) is 1.97. The van der Waals surface area contributed by atoms with Crippen LogP contribution in [0.15, 0.2) is 30.7 Å². The van der Waals surface area contributed by atoms with Crippen LogP contribution < -0.4 is 5.73 Å². The quantitative estimate of drug-likeness (QED) is 0.907. The molecule has 1 heterocycles. The Morgan fingerprint density at radius 2 is 2.30 bits per heavy atom. The summed E-state index contributed by atoms with van der Waals surface area (Å²) in [5, 5.41) is 8.84. The van der Waals surface area contributed by atoms with E-state index in [9.17, 15) is 4.39 Å². The van der Waals surface area contributed by atoms with Gasteiger partial charge in [0.05, 0.1) is 30.2 Å². The van der Waals surface area contributed by atoms with E-state index in [1.807, 2.05) is 19.2 Å². The third-order valence-electron chi connectivity index (χ3n) is 3.21. The molecule has 0 saturated carbocycles. The molecule has 1 unspecified atom stereocenters. The van der Waals surface area contributed by atoms with Crippen LogP contribution >= 0.6 is 0 Å². The number of nitrogens with zero attached hydrogens (tertiary/aromatic N) is 3. The number of aromatic nitrogens is 2. The molecule has 104 valence electrons. The zero-order valence-electron chi connectivity index (χ0n) is 11.4. The topological polar surface area (TPSA) is 67.6 Å². The van der Waals surface area contributed by atoms with Crippen LogP contribution in [-0.4, -0.2) is 15.6 Å². The van der Waals surface area contributed by atoms with E-state index in [0.717, 1.165) is 12.1 Å². The van der Waals surface area contributed by atoms with Gasteiger partial charge < -0.3 is 10.3 Å². The Morgan fingerprint density at radius 3 is 3.00 bits per heavy atom. The van der Waals surface area contributed by atoms with Crippen LogP contribution in [0.25, 0.3) is 0 Å². The highest BCUT2D eigenvalue weighted by Gasteiger charge is 2.07. The molecule has 0 aliphatic heterocycles. The number of nitriles is 1. The highest BCUT2D eigenvalue weighted by atomic mass is 19.1. The molecule has 2 aromatic rings. The molecule has 5 heteroatoms. The van der Waals surface area contributed by atoms with Crippen LogP contribution in [0.4, 0.5) is 4.39 Å². The number of nitrogens with two attached hydrogens (primary N) is 1. The molecule has 0 bridgehead atoms. The largest absolute Gasteiger partial charge is 0.333 e. The molecule has 0 spiro atoms. The lowest BCUT2D eigenvalue weighted by atomic mass is 10.1. The van der Waals surface area contributed by atoms with Crippen molar-refractivity contribution in [1.29, 1.82) is 5.26 Å². The van der Waals surface area contributed by atoms with Gasteiger partial charge in [0, 0.05) is 24.2 Å². The van der Waals surface area contributed by atoms with Crippen molar-refractivity contribution in [3.63, 3.8) is 0 Å². The minimum Gasteiger partial charge on any atom is -0.333 e. The number of benzene rings is 1. The molecule has 0 saturated heterocycles. The van der Waals surface area contributed by atoms with Crippen LogP contribution in [0.3, 0.4) is 0 Å². The van der Waals surface area contributed by atoms with E-state index in [-0.39, 0.29) is 11.9 Å². The summed E-state index contributed by atoms with van der Waals surface area (Å²) >= 11 is 0. The van der Waals surface area contributed by atoms with Crippen molar-refractivity contribution < 1.29 is 4.39 Å². The van der Waals surface area contributed by atoms with Gasteiger partial charge in [0.15, 0.2) is 0 Å². The van der Waals surface area contributed by atoms with Crippen molar-refractivity contribution in [2.75, 3.05) is 0 Å². The summed E-state index contributed by atoms with van der Waals surface area (Å²) in [6.45, 7) is 2.39. The third-order valence-corrected chi connectivity index (χ3v) is 3.21. The Morgan fingerprint density at radius 1 is 1.50 bits per heavy atom. The fraction of sp³-hybridized carbons (Fsp3) is 0.333. The lowest BCUT2D eigenvalue weighted by Crippen LogP contribution is -2.21. The van der Waals surface area contributed by atoms with Gasteiger partial charge in [0.2, 0.25) is 0 Å². The highest BCUT2D eigenvalue weighted by molar-refractivity contribution is 5.33. The Hall–Kier alpha value is -2.19. The number of imidazole rings is 1. The summed E-state index contributed by atoms with van der Waals surface area (Å²) in [5.74, 6) is -0.315. The van der Waals surface area contributed by atoms with Crippen LogP contribution in [0.5, 0.6) is 0 Å². The van der Waals surface area contributed by atoms with Crippen LogP contribution in [0.2, 0.25) is 0 Å². The Kier molecular flexibility index (Phi) is 4.49. The molecule has 0 aliphatic rings. The molecular weight excluding hydrogens is 255 g/mol. The number of hydrogen-bond acceptors (Lipinski definition) is 3. The number of halogens is 1. The van der Waals surface area contributed by atoms with Gasteiger partial charge in [0.1, 0.15) is 5.82 Å². The van der Waals surface area contributed by atoms with Gasteiger partial charge in [0.25, 0.3) is 0 Å². The fourth-order valence-electron chi connectivity index (χ4n) is 1.97. The zero-order valence-corrected chi connectivity index (χ0v) is 11.4. The maximum Gasteiger partial charge on any atom is 0.128 e. The number of hydrogen-bond donors (Lipinski definition) is 1. The van der Waals surface area contributed by atoms with Crippen molar-refractivity contribution in [1.82, 2.24) is 9.55 Å². The van der Waals surface area contributed by atoms with Crippen molar-refractivity contribution in [2.45, 2.75) is 32.4 Å². The molecule has 4 nitrogen and oxygen atoms in total. The molecule has 0 fully saturated rings. The normalized spacial score (nSPS) is 12.1. The van der Waals surface area contributed by atoms with Crippen molar-refractivity contribution in [3.8, 4) is 6.07 Å². The van der Waals surface area contributed by atoms with Crippen molar-refractivity contribution in [3.05, 3.63) is 53.4 Å². The Bertz CT molecular complexity index is 627. The molecule has 2 rings (SSSR count). The van der Waals surface area contributed by atoms with Gasteiger partial charge in [-0.3, -0.25) is 0 Å². The molecule has 1 aromatic carbocycles. The van der Waals surface area contributed by atoms with E-state index in [2.05, 4.69) is 4.98 Å². The first-order chi connectivity index (χ1) is 9.62. The first-order valence-electron chi connectivity index (χ1n) is 6.57. The predicted octanol–water partition coefficient (Wildman–Crippen LogP) is 2.22. The van der Waals surface area contributed by atoms with Gasteiger partial charge in [-0.1, -0.05) is 6.92 Å². The zero-order chi connectivity index (χ0) is 14.5. The lowest BCUT2D eigenvalue weighted by molar-refractivity contribution is 0.598. The van der Waals surface area contributed by atoms with Crippen molar-refractivity contribution >= 4 is 0 Å². The third kappa shape index (κ3) is 3.43. The summed E-state index contributed by atoms with van der Waals surface area (Å²) < 4.78 is 15.5. The second-order valence-corrected chi connectivity index (χ2v) is 4.83. The summed E-state index contributed by atoms with van der Waals surface area (Å²) in [5.41, 5.74) is 7.72. The molecule has 1 atom stereocenters. The number of rotatable bonds is 5. The average molecular weight is 272 g/mol. The SMILES string of the molecule is CCC(N)Cc1cn(Cc2cc(C#N)ccc2F)cn1. The molecule has 1 aromatic heterocycles. The van der Waals surface area contributed by atoms with Gasteiger partial charge in [-0.25, -0.2) is 9.37 Å². The van der Waals surface area contributed by atoms with Gasteiger partial charge in [-0.2, -0.15) is 5.26 Å². The van der Waals surface area contributed by atoms with E-state index in [0.29, 0.717) is 24.1 Å². The van der Waals surface area contributed by atoms with E-state index >= 15 is 0 Å². The first kappa shape index (κ1) is 14.2. The maximum absolute atomic E-state index is 13.7. The standard InChI is InChI=1S/C15H17FN4/c1-2-13(18)6-14-9-20(10-19-14)8-12-5-11(7-17)3-4-15(12)16/h3-5,9-10,13H,2,6,8,18H2,1H3. The molecule has 2 N–H and O–H groups in total. The molecule has 20 heavy (non-hydrogen) atoms. The monoisotopic (exact) mass is 272 g/mol. The summed E-state index contributed by atoms with van der Waals surface area (Å²) in [6.07, 6.45) is 5.14. The van der Waals surface area contributed by atoms with E-state index in [1.165, 1.54) is 12.1 Å². The summed E-state index contributed by atoms with van der Waals surface area (Å²) in [6, 6.07) is 6.46. The van der Waals surface area contributed by atoms with Gasteiger partial charge in [-0.15, -0.1) is 0 Å². The second-order valence-electron chi connectivity index (χ2n) is 4.83. The summed E-state index contributed by atoms with van der Waals surface area (Å²) in [7, 11) is 0. The molecular formula is C15H17FN4. The smallest absolute Gasteiger partial charge is 0.128 e. The van der Waals surface area contributed by atoms with Crippen LogP contribution in [0, 0.1) is 17.1 Å². The van der Waals surface area contributed by atoms with E-state index in [4.69, 9.17) is 11.0 Å². The first-order valence-corrected chi connectivity index (χ1v) is 6.57. The van der Waals surface area contributed by atoms with Crippen molar-refractivity contribution in [2.24, 2.45) is 5.73 Å². The van der Waals surface area contributed by atoms with E-state index < -0.39 is 0 Å². The van der Waals surface area contributed by atoms with Gasteiger partial charge >= 0.3 is 0 Å². The van der Waals surface area contributed by atoms with Crippen LogP contribution in [-0.2, 0) is 13.0 Å². The average Bonchev–Trinajstić information content (AvgIpc) is 2.88. The Labute approximate surface area is 117 Å². The lowest BCUT2D eigenvalue weighted by Gasteiger charge is -2.06.